The number of fused-ring (bicyclic) bond motifs is 2. The summed E-state index contributed by atoms with van der Waals surface area (Å²) >= 11 is 0. The molecule has 2 nitrogen and oxygen atoms in total. The van der Waals surface area contributed by atoms with Crippen LogP contribution >= 0.6 is 0 Å². The van der Waals surface area contributed by atoms with E-state index >= 15 is 0 Å². The van der Waals surface area contributed by atoms with Crippen molar-refractivity contribution in [1.82, 2.24) is 4.90 Å². The van der Waals surface area contributed by atoms with Crippen molar-refractivity contribution in [2.24, 2.45) is 0 Å². The third-order valence-corrected chi connectivity index (χ3v) is 4.93. The molecule has 0 radical (unpaired) electrons. The van der Waals surface area contributed by atoms with E-state index in [2.05, 4.69) is 25.7 Å². The molecule has 2 aliphatic rings. The van der Waals surface area contributed by atoms with Crippen molar-refractivity contribution in [2.75, 3.05) is 0 Å². The van der Waals surface area contributed by atoms with Crippen LogP contribution in [-0.4, -0.2) is 28.3 Å². The first-order valence-electron chi connectivity index (χ1n) is 6.91. The van der Waals surface area contributed by atoms with Crippen LogP contribution in [0.5, 0.6) is 0 Å². The van der Waals surface area contributed by atoms with E-state index in [1.165, 1.54) is 32.1 Å². The van der Waals surface area contributed by atoms with Gasteiger partial charge >= 0.3 is 0 Å². The van der Waals surface area contributed by atoms with Crippen LogP contribution in [0.1, 0.15) is 65.7 Å². The number of carbonyl (C=O) groups excluding carboxylic acids is 1. The van der Waals surface area contributed by atoms with Crippen molar-refractivity contribution >= 4 is 5.78 Å². The van der Waals surface area contributed by atoms with Crippen LogP contribution in [0.15, 0.2) is 0 Å². The Balaban J connectivity index is 2.23. The van der Waals surface area contributed by atoms with Gasteiger partial charge in [0.25, 0.3) is 0 Å². The fraction of sp³-hybridized carbons (Fsp3) is 0.929. The molecule has 0 aromatic heterocycles. The van der Waals surface area contributed by atoms with Gasteiger partial charge in [0, 0.05) is 30.5 Å². The lowest BCUT2D eigenvalue weighted by molar-refractivity contribution is -0.132. The quantitative estimate of drug-likeness (QED) is 0.732. The first kappa shape index (κ1) is 12.1. The minimum Gasteiger partial charge on any atom is -0.300 e. The number of rotatable bonds is 3. The van der Waals surface area contributed by atoms with Crippen molar-refractivity contribution in [3.8, 4) is 0 Å². The summed E-state index contributed by atoms with van der Waals surface area (Å²) in [5.41, 5.74) is 0.316. The molecule has 2 unspecified atom stereocenters. The highest BCUT2D eigenvalue weighted by atomic mass is 16.1. The van der Waals surface area contributed by atoms with E-state index < -0.39 is 0 Å². The van der Waals surface area contributed by atoms with Gasteiger partial charge in [-0.2, -0.15) is 0 Å². The topological polar surface area (TPSA) is 20.3 Å². The van der Waals surface area contributed by atoms with Crippen LogP contribution in [-0.2, 0) is 4.79 Å². The average Bonchev–Trinajstić information content (AvgIpc) is 2.27. The second-order valence-electron chi connectivity index (χ2n) is 5.80. The van der Waals surface area contributed by atoms with Crippen LogP contribution in [0.25, 0.3) is 0 Å². The third-order valence-electron chi connectivity index (χ3n) is 4.93. The lowest BCUT2D eigenvalue weighted by Gasteiger charge is -2.54. The molecular weight excluding hydrogens is 198 g/mol. The summed E-state index contributed by atoms with van der Waals surface area (Å²) < 4.78 is 0. The van der Waals surface area contributed by atoms with E-state index in [0.29, 0.717) is 23.4 Å². The Bertz CT molecular complexity index is 254. The maximum atomic E-state index is 11.7. The van der Waals surface area contributed by atoms with Gasteiger partial charge in [-0.15, -0.1) is 0 Å². The molecule has 2 heterocycles. The van der Waals surface area contributed by atoms with Gasteiger partial charge in [0.1, 0.15) is 5.78 Å². The Labute approximate surface area is 99.4 Å². The molecule has 2 heteroatoms. The summed E-state index contributed by atoms with van der Waals surface area (Å²) in [6.45, 7) is 6.96. The Morgan fingerprint density at radius 3 is 2.12 bits per heavy atom. The number of carbonyl (C=O) groups is 1. The molecule has 0 saturated carbocycles. The number of piperidine rings is 2. The molecule has 0 N–H and O–H groups in total. The second-order valence-corrected chi connectivity index (χ2v) is 5.80. The van der Waals surface area contributed by atoms with Crippen molar-refractivity contribution in [3.05, 3.63) is 0 Å². The van der Waals surface area contributed by atoms with E-state index in [4.69, 9.17) is 0 Å². The summed E-state index contributed by atoms with van der Waals surface area (Å²) in [5, 5.41) is 0. The van der Waals surface area contributed by atoms with E-state index in [1.807, 2.05) is 0 Å². The summed E-state index contributed by atoms with van der Waals surface area (Å²) in [5.74, 6) is 0.500. The van der Waals surface area contributed by atoms with Crippen molar-refractivity contribution in [2.45, 2.75) is 83.3 Å². The van der Waals surface area contributed by atoms with Gasteiger partial charge in [-0.3, -0.25) is 9.69 Å². The lowest BCUT2D eigenvalue weighted by Crippen LogP contribution is -2.61. The Morgan fingerprint density at radius 1 is 1.19 bits per heavy atom. The predicted molar refractivity (Wildman–Crippen MR) is 66.5 cm³/mol. The van der Waals surface area contributed by atoms with E-state index in [-0.39, 0.29) is 0 Å². The predicted octanol–water partition coefficient (Wildman–Crippen LogP) is 3.15. The number of hydrogen-bond donors (Lipinski definition) is 0. The molecule has 2 bridgehead atoms. The van der Waals surface area contributed by atoms with Crippen LogP contribution in [0.4, 0.5) is 0 Å². The second kappa shape index (κ2) is 4.48. The highest BCUT2D eigenvalue weighted by molar-refractivity contribution is 5.80. The Morgan fingerprint density at radius 2 is 1.69 bits per heavy atom. The van der Waals surface area contributed by atoms with Gasteiger partial charge in [-0.05, 0) is 32.6 Å². The first-order chi connectivity index (χ1) is 7.60. The molecule has 0 amide bonds. The number of ketones is 1. The zero-order valence-corrected chi connectivity index (χ0v) is 11.0. The van der Waals surface area contributed by atoms with Crippen LogP contribution in [0.2, 0.25) is 0 Å². The minimum absolute atomic E-state index is 0.316. The molecule has 2 saturated heterocycles. The lowest BCUT2D eigenvalue weighted by atomic mass is 9.78. The normalized spacial score (nSPS) is 31.8. The van der Waals surface area contributed by atoms with Crippen LogP contribution in [0, 0.1) is 0 Å². The first-order valence-corrected chi connectivity index (χ1v) is 6.91. The molecule has 0 aromatic rings. The summed E-state index contributed by atoms with van der Waals surface area (Å²) in [6.07, 6.45) is 7.81. The van der Waals surface area contributed by atoms with Crippen molar-refractivity contribution < 1.29 is 4.79 Å². The fourth-order valence-corrected chi connectivity index (χ4v) is 3.67. The molecule has 0 aliphatic carbocycles. The molecule has 92 valence electrons. The molecule has 2 rings (SSSR count). The summed E-state index contributed by atoms with van der Waals surface area (Å²) in [6, 6.07) is 1.09. The third kappa shape index (κ3) is 1.92. The standard InChI is InChI=1S/C14H25NO/c1-4-14(3,5-2)15-11-7-6-8-12(15)10-13(16)9-11/h11-12H,4-10H2,1-3H3. The summed E-state index contributed by atoms with van der Waals surface area (Å²) in [4.78, 5) is 14.4. The van der Waals surface area contributed by atoms with Gasteiger partial charge in [-0.1, -0.05) is 20.3 Å². The van der Waals surface area contributed by atoms with E-state index in [0.717, 1.165) is 12.8 Å². The maximum absolute atomic E-state index is 11.7. The van der Waals surface area contributed by atoms with Gasteiger partial charge in [-0.25, -0.2) is 0 Å². The van der Waals surface area contributed by atoms with Gasteiger partial charge < -0.3 is 0 Å². The molecule has 0 spiro atoms. The smallest absolute Gasteiger partial charge is 0.136 e. The zero-order chi connectivity index (χ0) is 11.8. The highest BCUT2D eigenvalue weighted by Crippen LogP contribution is 2.40. The van der Waals surface area contributed by atoms with Crippen molar-refractivity contribution in [3.63, 3.8) is 0 Å². The molecule has 0 aromatic carbocycles. The number of Topliss-reactive ketones (excluding diaryl/α,β-unsaturated/α-hetero) is 1. The van der Waals surface area contributed by atoms with Crippen molar-refractivity contribution in [1.29, 1.82) is 0 Å². The maximum Gasteiger partial charge on any atom is 0.136 e. The van der Waals surface area contributed by atoms with Crippen LogP contribution < -0.4 is 0 Å². The molecular formula is C14H25NO. The Kier molecular flexibility index (Phi) is 3.39. The number of hydrogen-bond acceptors (Lipinski definition) is 2. The van der Waals surface area contributed by atoms with E-state index in [1.54, 1.807) is 0 Å². The molecule has 2 fully saturated rings. The molecule has 2 aliphatic heterocycles. The Hall–Kier alpha value is -0.370. The van der Waals surface area contributed by atoms with Gasteiger partial charge in [0.05, 0.1) is 0 Å². The van der Waals surface area contributed by atoms with E-state index in [9.17, 15) is 4.79 Å². The summed E-state index contributed by atoms with van der Waals surface area (Å²) in [7, 11) is 0. The van der Waals surface area contributed by atoms with Crippen LogP contribution in [0.3, 0.4) is 0 Å². The largest absolute Gasteiger partial charge is 0.300 e. The molecule has 2 atom stereocenters. The molecule has 16 heavy (non-hydrogen) atoms. The van der Waals surface area contributed by atoms with Gasteiger partial charge in [0.2, 0.25) is 0 Å². The number of nitrogens with zero attached hydrogens (tertiary/aromatic N) is 1. The minimum atomic E-state index is 0.316. The zero-order valence-electron chi connectivity index (χ0n) is 11.0. The van der Waals surface area contributed by atoms with Gasteiger partial charge in [0.15, 0.2) is 0 Å². The average molecular weight is 223 g/mol. The highest BCUT2D eigenvalue weighted by Gasteiger charge is 2.44. The SMILES string of the molecule is CCC(C)(CC)N1C2CCCC1CC(=O)C2. The monoisotopic (exact) mass is 223 g/mol. The fourth-order valence-electron chi connectivity index (χ4n) is 3.67.